The van der Waals surface area contributed by atoms with Crippen molar-refractivity contribution in [2.45, 2.75) is 26.3 Å². The molecule has 18 heavy (non-hydrogen) atoms. The Morgan fingerprint density at radius 3 is 2.33 bits per heavy atom. The maximum Gasteiger partial charge on any atom is 0.169 e. The molecule has 0 aliphatic heterocycles. The van der Waals surface area contributed by atoms with Gasteiger partial charge in [0.15, 0.2) is 4.67 Å². The van der Waals surface area contributed by atoms with Gasteiger partial charge in [-0.2, -0.15) is 0 Å². The molecule has 1 heterocycles. The van der Waals surface area contributed by atoms with Crippen LogP contribution in [-0.4, -0.2) is 6.54 Å². The first kappa shape index (κ1) is 13.4. The molecule has 2 rings (SSSR count). The molecule has 0 aliphatic rings. The van der Waals surface area contributed by atoms with Crippen LogP contribution in [-0.2, 0) is 6.42 Å². The lowest BCUT2D eigenvalue weighted by molar-refractivity contribution is 0.437. The standard InChI is InChI=1S/C15H18BrNO/c1-3-11-5-7-12(8-6-11)15(17-4-2)13-9-10-14(16)18-13/h5-10,15,17H,3-4H2,1-2H3. The van der Waals surface area contributed by atoms with Crippen molar-refractivity contribution in [3.8, 4) is 0 Å². The highest BCUT2D eigenvalue weighted by Crippen LogP contribution is 2.26. The first-order valence-electron chi connectivity index (χ1n) is 6.32. The molecular weight excluding hydrogens is 290 g/mol. The number of benzene rings is 1. The van der Waals surface area contributed by atoms with Gasteiger partial charge in [-0.3, -0.25) is 0 Å². The zero-order valence-electron chi connectivity index (χ0n) is 10.7. The van der Waals surface area contributed by atoms with Gasteiger partial charge in [-0.1, -0.05) is 38.1 Å². The Kier molecular flexibility index (Phi) is 4.61. The van der Waals surface area contributed by atoms with Crippen LogP contribution in [0.4, 0.5) is 0 Å². The second-order valence-electron chi connectivity index (χ2n) is 4.23. The third kappa shape index (κ3) is 3.03. The van der Waals surface area contributed by atoms with Crippen LogP contribution in [0.1, 0.15) is 36.8 Å². The van der Waals surface area contributed by atoms with Crippen molar-refractivity contribution in [1.29, 1.82) is 0 Å². The van der Waals surface area contributed by atoms with Crippen LogP contribution in [0.25, 0.3) is 0 Å². The van der Waals surface area contributed by atoms with Crippen molar-refractivity contribution in [3.63, 3.8) is 0 Å². The topological polar surface area (TPSA) is 25.2 Å². The summed E-state index contributed by atoms with van der Waals surface area (Å²) in [7, 11) is 0. The Bertz CT molecular complexity index is 489. The first-order valence-corrected chi connectivity index (χ1v) is 7.11. The van der Waals surface area contributed by atoms with E-state index in [9.17, 15) is 0 Å². The molecule has 0 spiro atoms. The van der Waals surface area contributed by atoms with Crippen molar-refractivity contribution in [2.24, 2.45) is 0 Å². The SMILES string of the molecule is CCNC(c1ccc(CC)cc1)c1ccc(Br)o1. The molecule has 3 heteroatoms. The van der Waals surface area contributed by atoms with E-state index < -0.39 is 0 Å². The average Bonchev–Trinajstić information content (AvgIpc) is 2.82. The summed E-state index contributed by atoms with van der Waals surface area (Å²) >= 11 is 3.35. The van der Waals surface area contributed by atoms with E-state index in [-0.39, 0.29) is 6.04 Å². The van der Waals surface area contributed by atoms with Gasteiger partial charge in [0.1, 0.15) is 5.76 Å². The van der Waals surface area contributed by atoms with Gasteiger partial charge in [-0.05, 0) is 52.2 Å². The lowest BCUT2D eigenvalue weighted by atomic mass is 10.0. The molecule has 1 aromatic carbocycles. The molecule has 0 saturated carbocycles. The second kappa shape index (κ2) is 6.21. The Morgan fingerprint density at radius 2 is 1.83 bits per heavy atom. The number of halogens is 1. The lowest BCUT2D eigenvalue weighted by Crippen LogP contribution is -2.21. The number of nitrogens with one attached hydrogen (secondary N) is 1. The summed E-state index contributed by atoms with van der Waals surface area (Å²) in [4.78, 5) is 0. The van der Waals surface area contributed by atoms with Crippen LogP contribution in [0.5, 0.6) is 0 Å². The van der Waals surface area contributed by atoms with Crippen molar-refractivity contribution in [2.75, 3.05) is 6.54 Å². The zero-order chi connectivity index (χ0) is 13.0. The maximum atomic E-state index is 5.66. The number of hydrogen-bond donors (Lipinski definition) is 1. The largest absolute Gasteiger partial charge is 0.452 e. The van der Waals surface area contributed by atoms with Crippen LogP contribution in [0.15, 0.2) is 45.5 Å². The molecule has 2 nitrogen and oxygen atoms in total. The van der Waals surface area contributed by atoms with Crippen molar-refractivity contribution < 1.29 is 4.42 Å². The van der Waals surface area contributed by atoms with Gasteiger partial charge in [-0.15, -0.1) is 0 Å². The predicted octanol–water partition coefficient (Wildman–Crippen LogP) is 4.30. The quantitative estimate of drug-likeness (QED) is 0.890. The van der Waals surface area contributed by atoms with Crippen molar-refractivity contribution in [1.82, 2.24) is 5.32 Å². The molecule has 1 aromatic heterocycles. The summed E-state index contributed by atoms with van der Waals surface area (Å²) in [6.07, 6.45) is 1.07. The molecule has 0 bridgehead atoms. The molecule has 0 fully saturated rings. The molecule has 0 radical (unpaired) electrons. The smallest absolute Gasteiger partial charge is 0.169 e. The fourth-order valence-electron chi connectivity index (χ4n) is 2.02. The molecule has 1 N–H and O–H groups in total. The van der Waals surface area contributed by atoms with Crippen molar-refractivity contribution in [3.05, 3.63) is 58.0 Å². The Balaban J connectivity index is 2.28. The van der Waals surface area contributed by atoms with Crippen molar-refractivity contribution >= 4 is 15.9 Å². The second-order valence-corrected chi connectivity index (χ2v) is 5.01. The van der Waals surface area contributed by atoms with Gasteiger partial charge in [0.05, 0.1) is 6.04 Å². The van der Waals surface area contributed by atoms with Gasteiger partial charge in [-0.25, -0.2) is 0 Å². The highest BCUT2D eigenvalue weighted by molar-refractivity contribution is 9.10. The van der Waals surface area contributed by atoms with Gasteiger partial charge < -0.3 is 9.73 Å². The molecule has 0 aliphatic carbocycles. The molecule has 0 saturated heterocycles. The summed E-state index contributed by atoms with van der Waals surface area (Å²) in [6, 6.07) is 12.7. The summed E-state index contributed by atoms with van der Waals surface area (Å²) in [5.74, 6) is 0.938. The lowest BCUT2D eigenvalue weighted by Gasteiger charge is -2.16. The minimum absolute atomic E-state index is 0.118. The number of hydrogen-bond acceptors (Lipinski definition) is 2. The molecular formula is C15H18BrNO. The Labute approximate surface area is 117 Å². The highest BCUT2D eigenvalue weighted by atomic mass is 79.9. The minimum Gasteiger partial charge on any atom is -0.452 e. The van der Waals surface area contributed by atoms with Gasteiger partial charge in [0.25, 0.3) is 0 Å². The summed E-state index contributed by atoms with van der Waals surface area (Å²) in [6.45, 7) is 5.17. The third-order valence-electron chi connectivity index (χ3n) is 3.01. The zero-order valence-corrected chi connectivity index (χ0v) is 12.3. The van der Waals surface area contributed by atoms with Gasteiger partial charge in [0, 0.05) is 0 Å². The van der Waals surface area contributed by atoms with E-state index in [0.29, 0.717) is 0 Å². The monoisotopic (exact) mass is 307 g/mol. The Morgan fingerprint density at radius 1 is 1.11 bits per heavy atom. The van der Waals surface area contributed by atoms with E-state index >= 15 is 0 Å². The normalized spacial score (nSPS) is 12.6. The fraction of sp³-hybridized carbons (Fsp3) is 0.333. The predicted molar refractivity (Wildman–Crippen MR) is 77.7 cm³/mol. The maximum absolute atomic E-state index is 5.66. The number of aryl methyl sites for hydroxylation is 1. The van der Waals surface area contributed by atoms with E-state index in [0.717, 1.165) is 23.4 Å². The third-order valence-corrected chi connectivity index (χ3v) is 3.43. The van der Waals surface area contributed by atoms with E-state index in [2.05, 4.69) is 59.4 Å². The average molecular weight is 308 g/mol. The molecule has 96 valence electrons. The van der Waals surface area contributed by atoms with Gasteiger partial charge in [0.2, 0.25) is 0 Å². The van der Waals surface area contributed by atoms with E-state index in [1.54, 1.807) is 0 Å². The highest BCUT2D eigenvalue weighted by Gasteiger charge is 2.16. The molecule has 0 amide bonds. The van der Waals surface area contributed by atoms with Crippen LogP contribution in [0, 0.1) is 0 Å². The summed E-state index contributed by atoms with van der Waals surface area (Å²) < 4.78 is 6.43. The molecule has 2 aromatic rings. The number of rotatable bonds is 5. The summed E-state index contributed by atoms with van der Waals surface area (Å²) in [5, 5.41) is 3.45. The number of furan rings is 1. The Hall–Kier alpha value is -1.06. The van der Waals surface area contributed by atoms with Crippen LogP contribution in [0.3, 0.4) is 0 Å². The first-order chi connectivity index (χ1) is 8.74. The summed E-state index contributed by atoms with van der Waals surface area (Å²) in [5.41, 5.74) is 2.59. The van der Waals surface area contributed by atoms with E-state index in [1.165, 1.54) is 11.1 Å². The molecule has 1 unspecified atom stereocenters. The van der Waals surface area contributed by atoms with Crippen LogP contribution < -0.4 is 5.32 Å². The minimum atomic E-state index is 0.118. The van der Waals surface area contributed by atoms with E-state index in [1.807, 2.05) is 12.1 Å². The molecule has 1 atom stereocenters. The van der Waals surface area contributed by atoms with E-state index in [4.69, 9.17) is 4.42 Å². The van der Waals surface area contributed by atoms with Crippen LogP contribution in [0.2, 0.25) is 0 Å². The van der Waals surface area contributed by atoms with Gasteiger partial charge >= 0.3 is 0 Å². The van der Waals surface area contributed by atoms with Crippen LogP contribution >= 0.6 is 15.9 Å². The fourth-order valence-corrected chi connectivity index (χ4v) is 2.34.